The number of rotatable bonds is 1. The van der Waals surface area contributed by atoms with Crippen LogP contribution in [0, 0.1) is 19.7 Å². The molecule has 1 heterocycles. The summed E-state index contributed by atoms with van der Waals surface area (Å²) in [7, 11) is 0. The maximum atomic E-state index is 13.6. The van der Waals surface area contributed by atoms with E-state index >= 15 is 0 Å². The van der Waals surface area contributed by atoms with Crippen molar-refractivity contribution in [1.82, 2.24) is 5.32 Å². The monoisotopic (exact) mass is 227 g/mol. The van der Waals surface area contributed by atoms with Crippen LogP contribution in [-0.4, -0.2) is 6.54 Å². The Kier molecular flexibility index (Phi) is 2.98. The predicted molar refractivity (Wildman–Crippen MR) is 60.9 cm³/mol. The summed E-state index contributed by atoms with van der Waals surface area (Å²) in [4.78, 5) is 0. The van der Waals surface area contributed by atoms with Crippen molar-refractivity contribution >= 4 is 11.6 Å². The first-order valence-electron chi connectivity index (χ1n) is 5.29. The number of hydrogen-bond donors (Lipinski definition) is 1. The standard InChI is InChI=1S/C12H15ClFN/c1-7-9(11-4-3-5-15-11)6-10(14)8(2)12(7)13/h6,11,15H,3-5H2,1-2H3. The van der Waals surface area contributed by atoms with Crippen LogP contribution in [0.5, 0.6) is 0 Å². The lowest BCUT2D eigenvalue weighted by Crippen LogP contribution is -2.14. The van der Waals surface area contributed by atoms with E-state index in [1.54, 1.807) is 13.0 Å². The first kappa shape index (κ1) is 10.9. The molecule has 0 saturated carbocycles. The van der Waals surface area contributed by atoms with E-state index in [1.165, 1.54) is 0 Å². The molecule has 0 radical (unpaired) electrons. The molecular formula is C12H15ClFN. The Morgan fingerprint density at radius 1 is 1.40 bits per heavy atom. The average Bonchev–Trinajstić information content (AvgIpc) is 2.73. The van der Waals surface area contributed by atoms with Gasteiger partial charge in [-0.2, -0.15) is 0 Å². The van der Waals surface area contributed by atoms with Crippen LogP contribution in [0.2, 0.25) is 5.02 Å². The van der Waals surface area contributed by atoms with E-state index in [9.17, 15) is 4.39 Å². The van der Waals surface area contributed by atoms with Gasteiger partial charge in [0.15, 0.2) is 0 Å². The highest BCUT2D eigenvalue weighted by Crippen LogP contribution is 2.32. The predicted octanol–water partition coefficient (Wildman–Crippen LogP) is 3.52. The molecule has 0 aromatic heterocycles. The second kappa shape index (κ2) is 4.11. The zero-order valence-electron chi connectivity index (χ0n) is 9.03. The molecule has 1 aromatic rings. The van der Waals surface area contributed by atoms with Crippen LogP contribution in [-0.2, 0) is 0 Å². The first-order chi connectivity index (χ1) is 7.11. The Labute approximate surface area is 94.6 Å². The van der Waals surface area contributed by atoms with E-state index in [2.05, 4.69) is 5.32 Å². The minimum atomic E-state index is -0.200. The minimum absolute atomic E-state index is 0.200. The quantitative estimate of drug-likeness (QED) is 0.774. The average molecular weight is 228 g/mol. The minimum Gasteiger partial charge on any atom is -0.310 e. The molecule has 1 unspecified atom stereocenters. The molecule has 0 bridgehead atoms. The maximum absolute atomic E-state index is 13.6. The lowest BCUT2D eigenvalue weighted by atomic mass is 9.97. The molecule has 1 atom stereocenters. The summed E-state index contributed by atoms with van der Waals surface area (Å²) < 4.78 is 13.6. The van der Waals surface area contributed by atoms with Gasteiger partial charge in [0.05, 0.1) is 0 Å². The highest BCUT2D eigenvalue weighted by Gasteiger charge is 2.21. The molecule has 1 N–H and O–H groups in total. The van der Waals surface area contributed by atoms with Crippen molar-refractivity contribution in [1.29, 1.82) is 0 Å². The molecule has 1 aromatic carbocycles. The number of halogens is 2. The van der Waals surface area contributed by atoms with Crippen LogP contribution in [0.3, 0.4) is 0 Å². The summed E-state index contributed by atoms with van der Waals surface area (Å²) in [5.41, 5.74) is 2.58. The molecule has 0 aliphatic carbocycles. The highest BCUT2D eigenvalue weighted by molar-refractivity contribution is 6.32. The van der Waals surface area contributed by atoms with Crippen molar-refractivity contribution in [2.45, 2.75) is 32.7 Å². The zero-order valence-corrected chi connectivity index (χ0v) is 9.79. The third kappa shape index (κ3) is 1.88. The van der Waals surface area contributed by atoms with Crippen LogP contribution in [0.15, 0.2) is 6.07 Å². The normalized spacial score (nSPS) is 20.9. The van der Waals surface area contributed by atoms with Gasteiger partial charge >= 0.3 is 0 Å². The molecule has 1 saturated heterocycles. The zero-order chi connectivity index (χ0) is 11.0. The Bertz CT molecular complexity index is 384. The van der Waals surface area contributed by atoms with Crippen molar-refractivity contribution in [2.75, 3.05) is 6.54 Å². The smallest absolute Gasteiger partial charge is 0.127 e. The van der Waals surface area contributed by atoms with E-state index in [4.69, 9.17) is 11.6 Å². The van der Waals surface area contributed by atoms with Gasteiger partial charge in [0.2, 0.25) is 0 Å². The van der Waals surface area contributed by atoms with Crippen molar-refractivity contribution in [3.8, 4) is 0 Å². The van der Waals surface area contributed by atoms with E-state index in [0.29, 0.717) is 10.6 Å². The molecule has 0 amide bonds. The van der Waals surface area contributed by atoms with E-state index < -0.39 is 0 Å². The molecule has 82 valence electrons. The third-order valence-corrected chi connectivity index (χ3v) is 3.73. The second-order valence-corrected chi connectivity index (χ2v) is 4.54. The summed E-state index contributed by atoms with van der Waals surface area (Å²) in [6, 6.07) is 1.90. The topological polar surface area (TPSA) is 12.0 Å². The Morgan fingerprint density at radius 2 is 2.13 bits per heavy atom. The lowest BCUT2D eigenvalue weighted by molar-refractivity contribution is 0.597. The molecular weight excluding hydrogens is 213 g/mol. The number of nitrogens with one attached hydrogen (secondary N) is 1. The van der Waals surface area contributed by atoms with Crippen LogP contribution in [0.1, 0.15) is 35.6 Å². The van der Waals surface area contributed by atoms with Gasteiger partial charge in [-0.1, -0.05) is 11.6 Å². The Balaban J connectivity index is 2.47. The molecule has 1 aliphatic rings. The molecule has 2 rings (SSSR count). The molecule has 1 fully saturated rings. The van der Waals surface area contributed by atoms with Crippen molar-refractivity contribution in [3.05, 3.63) is 33.6 Å². The van der Waals surface area contributed by atoms with Gasteiger partial charge in [0.1, 0.15) is 5.82 Å². The fourth-order valence-electron chi connectivity index (χ4n) is 2.18. The Hall–Kier alpha value is -0.600. The summed E-state index contributed by atoms with van der Waals surface area (Å²) >= 11 is 6.10. The summed E-state index contributed by atoms with van der Waals surface area (Å²) in [5.74, 6) is -0.200. The lowest BCUT2D eigenvalue weighted by Gasteiger charge is -2.16. The Morgan fingerprint density at radius 3 is 2.73 bits per heavy atom. The molecule has 0 spiro atoms. The van der Waals surface area contributed by atoms with E-state index in [1.807, 2.05) is 6.92 Å². The van der Waals surface area contributed by atoms with Gasteiger partial charge in [-0.05, 0) is 50.4 Å². The van der Waals surface area contributed by atoms with Gasteiger partial charge in [-0.25, -0.2) is 4.39 Å². The van der Waals surface area contributed by atoms with E-state index in [-0.39, 0.29) is 11.9 Å². The fraction of sp³-hybridized carbons (Fsp3) is 0.500. The molecule has 1 aliphatic heterocycles. The van der Waals surface area contributed by atoms with Crippen LogP contribution in [0.25, 0.3) is 0 Å². The molecule has 3 heteroatoms. The summed E-state index contributed by atoms with van der Waals surface area (Å²) in [5, 5.41) is 3.93. The van der Waals surface area contributed by atoms with Crippen LogP contribution >= 0.6 is 11.6 Å². The highest BCUT2D eigenvalue weighted by atomic mass is 35.5. The van der Waals surface area contributed by atoms with Gasteiger partial charge in [-0.15, -0.1) is 0 Å². The SMILES string of the molecule is Cc1c(F)cc(C2CCCN2)c(C)c1Cl. The van der Waals surface area contributed by atoms with Gasteiger partial charge in [0, 0.05) is 16.6 Å². The largest absolute Gasteiger partial charge is 0.310 e. The van der Waals surface area contributed by atoms with Crippen molar-refractivity contribution in [3.63, 3.8) is 0 Å². The number of hydrogen-bond acceptors (Lipinski definition) is 1. The van der Waals surface area contributed by atoms with Crippen LogP contribution < -0.4 is 5.32 Å². The number of benzene rings is 1. The van der Waals surface area contributed by atoms with Gasteiger partial charge < -0.3 is 5.32 Å². The van der Waals surface area contributed by atoms with Gasteiger partial charge in [-0.3, -0.25) is 0 Å². The summed E-state index contributed by atoms with van der Waals surface area (Å²) in [6.07, 6.45) is 2.22. The van der Waals surface area contributed by atoms with Crippen molar-refractivity contribution < 1.29 is 4.39 Å². The van der Waals surface area contributed by atoms with Crippen LogP contribution in [0.4, 0.5) is 4.39 Å². The van der Waals surface area contributed by atoms with Crippen molar-refractivity contribution in [2.24, 2.45) is 0 Å². The first-order valence-corrected chi connectivity index (χ1v) is 5.67. The van der Waals surface area contributed by atoms with Gasteiger partial charge in [0.25, 0.3) is 0 Å². The summed E-state index contributed by atoms with van der Waals surface area (Å²) in [6.45, 7) is 4.69. The fourth-order valence-corrected chi connectivity index (χ4v) is 2.38. The third-order valence-electron chi connectivity index (χ3n) is 3.17. The maximum Gasteiger partial charge on any atom is 0.127 e. The second-order valence-electron chi connectivity index (χ2n) is 4.16. The molecule has 15 heavy (non-hydrogen) atoms. The van der Waals surface area contributed by atoms with E-state index in [0.717, 1.165) is 30.5 Å². The molecule has 1 nitrogen and oxygen atoms in total.